The lowest BCUT2D eigenvalue weighted by Gasteiger charge is -2.30. The summed E-state index contributed by atoms with van der Waals surface area (Å²) in [5.41, 5.74) is 4.28. The average molecular weight is 438 g/mol. The van der Waals surface area contributed by atoms with Crippen molar-refractivity contribution in [3.05, 3.63) is 52.9 Å². The highest BCUT2D eigenvalue weighted by molar-refractivity contribution is 7.14. The van der Waals surface area contributed by atoms with Gasteiger partial charge in [0.05, 0.1) is 11.4 Å². The number of hydrogen-bond donors (Lipinski definition) is 1. The van der Waals surface area contributed by atoms with Crippen LogP contribution < -0.4 is 19.7 Å². The maximum absolute atomic E-state index is 12.3. The fourth-order valence-corrected chi connectivity index (χ4v) is 4.03. The summed E-state index contributed by atoms with van der Waals surface area (Å²) in [6.07, 6.45) is -0.504. The maximum Gasteiger partial charge on any atom is 0.267 e. The smallest absolute Gasteiger partial charge is 0.267 e. The number of carbonyl (C=O) groups excluding carboxylic acids is 2. The van der Waals surface area contributed by atoms with Crippen molar-refractivity contribution in [2.45, 2.75) is 26.9 Å². The highest BCUT2D eigenvalue weighted by atomic mass is 32.1. The van der Waals surface area contributed by atoms with Crippen molar-refractivity contribution in [2.24, 2.45) is 0 Å². The molecule has 0 bridgehead atoms. The number of thiazole rings is 1. The molecule has 1 N–H and O–H groups in total. The van der Waals surface area contributed by atoms with E-state index in [4.69, 9.17) is 9.47 Å². The number of nitrogens with zero attached hydrogens (tertiary/aromatic N) is 2. The Kier molecular flexibility index (Phi) is 5.65. The SMILES string of the molecule is Cc1ccc(C)c(OCC(=O)Nc2nc(-c3ccc4c(c3)N(C)C(=O)C(C)O4)cs2)c1. The molecule has 4 rings (SSSR count). The van der Waals surface area contributed by atoms with E-state index >= 15 is 0 Å². The molecule has 1 aliphatic heterocycles. The number of rotatable bonds is 5. The van der Waals surface area contributed by atoms with Crippen LogP contribution in [0.1, 0.15) is 18.1 Å². The lowest BCUT2D eigenvalue weighted by atomic mass is 10.1. The summed E-state index contributed by atoms with van der Waals surface area (Å²) in [6, 6.07) is 11.5. The third kappa shape index (κ3) is 4.39. The van der Waals surface area contributed by atoms with Gasteiger partial charge in [-0.2, -0.15) is 0 Å². The fourth-order valence-electron chi connectivity index (χ4n) is 3.30. The molecule has 8 heteroatoms. The molecule has 3 aromatic rings. The largest absolute Gasteiger partial charge is 0.483 e. The quantitative estimate of drug-likeness (QED) is 0.647. The van der Waals surface area contributed by atoms with Gasteiger partial charge < -0.3 is 14.4 Å². The van der Waals surface area contributed by atoms with E-state index in [1.807, 2.05) is 55.6 Å². The Balaban J connectivity index is 1.43. The van der Waals surface area contributed by atoms with Gasteiger partial charge in [0.25, 0.3) is 11.8 Å². The summed E-state index contributed by atoms with van der Waals surface area (Å²) in [6.45, 7) is 5.55. The van der Waals surface area contributed by atoms with Crippen molar-refractivity contribution >= 4 is 34.0 Å². The molecule has 0 radical (unpaired) electrons. The van der Waals surface area contributed by atoms with Crippen molar-refractivity contribution in [1.29, 1.82) is 0 Å². The van der Waals surface area contributed by atoms with Gasteiger partial charge in [-0.3, -0.25) is 14.9 Å². The van der Waals surface area contributed by atoms with Crippen LogP contribution in [0.2, 0.25) is 0 Å². The molecule has 31 heavy (non-hydrogen) atoms. The van der Waals surface area contributed by atoms with E-state index < -0.39 is 6.10 Å². The minimum atomic E-state index is -0.504. The highest BCUT2D eigenvalue weighted by Crippen LogP contribution is 2.37. The van der Waals surface area contributed by atoms with Crippen LogP contribution in [0.3, 0.4) is 0 Å². The van der Waals surface area contributed by atoms with Crippen LogP contribution >= 0.6 is 11.3 Å². The summed E-state index contributed by atoms with van der Waals surface area (Å²) in [7, 11) is 1.73. The maximum atomic E-state index is 12.3. The molecule has 1 aliphatic rings. The van der Waals surface area contributed by atoms with Crippen molar-refractivity contribution in [3.63, 3.8) is 0 Å². The Morgan fingerprint density at radius 1 is 1.26 bits per heavy atom. The first-order chi connectivity index (χ1) is 14.8. The number of amides is 2. The van der Waals surface area contributed by atoms with Gasteiger partial charge >= 0.3 is 0 Å². The van der Waals surface area contributed by atoms with Gasteiger partial charge in [0.15, 0.2) is 17.8 Å². The van der Waals surface area contributed by atoms with E-state index in [1.54, 1.807) is 18.9 Å². The Hall–Kier alpha value is -3.39. The molecule has 2 heterocycles. The van der Waals surface area contributed by atoms with Crippen LogP contribution in [-0.4, -0.2) is 36.6 Å². The molecule has 0 spiro atoms. The number of aromatic nitrogens is 1. The summed E-state index contributed by atoms with van der Waals surface area (Å²) in [4.78, 5) is 30.6. The van der Waals surface area contributed by atoms with Crippen LogP contribution in [0.5, 0.6) is 11.5 Å². The topological polar surface area (TPSA) is 80.8 Å². The fraction of sp³-hybridized carbons (Fsp3) is 0.261. The lowest BCUT2D eigenvalue weighted by molar-refractivity contribution is -0.125. The molecule has 2 aromatic carbocycles. The van der Waals surface area contributed by atoms with Gasteiger partial charge in [-0.25, -0.2) is 4.98 Å². The standard InChI is InChI=1S/C23H23N3O4S/c1-13-5-6-14(2)20(9-13)29-11-21(27)25-23-24-17(12-31-23)16-7-8-19-18(10-16)26(4)22(28)15(3)30-19/h5-10,12,15H,11H2,1-4H3,(H,24,25,27). The number of anilines is 2. The number of fused-ring (bicyclic) bond motifs is 1. The van der Waals surface area contributed by atoms with Gasteiger partial charge in [0.1, 0.15) is 11.5 Å². The molecular formula is C23H23N3O4S. The summed E-state index contributed by atoms with van der Waals surface area (Å²) in [5.74, 6) is 0.977. The molecule has 7 nitrogen and oxygen atoms in total. The normalized spacial score (nSPS) is 15.3. The van der Waals surface area contributed by atoms with Crippen molar-refractivity contribution < 1.29 is 19.1 Å². The monoisotopic (exact) mass is 437 g/mol. The minimum Gasteiger partial charge on any atom is -0.483 e. The lowest BCUT2D eigenvalue weighted by Crippen LogP contribution is -2.41. The van der Waals surface area contributed by atoms with Crippen LogP contribution in [0.25, 0.3) is 11.3 Å². The molecule has 1 atom stereocenters. The molecule has 160 valence electrons. The van der Waals surface area contributed by atoms with E-state index in [1.165, 1.54) is 11.3 Å². The van der Waals surface area contributed by atoms with Crippen molar-refractivity contribution in [1.82, 2.24) is 4.98 Å². The van der Waals surface area contributed by atoms with Crippen LogP contribution in [0, 0.1) is 13.8 Å². The van der Waals surface area contributed by atoms with E-state index in [0.29, 0.717) is 28.0 Å². The molecule has 2 amide bonds. The summed E-state index contributed by atoms with van der Waals surface area (Å²) < 4.78 is 11.3. The zero-order valence-corrected chi connectivity index (χ0v) is 18.6. The van der Waals surface area contributed by atoms with Crippen LogP contribution in [-0.2, 0) is 9.59 Å². The number of likely N-dealkylation sites (N-methyl/N-ethyl adjacent to an activating group) is 1. The van der Waals surface area contributed by atoms with Crippen LogP contribution in [0.4, 0.5) is 10.8 Å². The van der Waals surface area contributed by atoms with E-state index in [9.17, 15) is 9.59 Å². The molecule has 0 aliphatic carbocycles. The molecule has 1 unspecified atom stereocenters. The first-order valence-electron chi connectivity index (χ1n) is 9.86. The second-order valence-electron chi connectivity index (χ2n) is 7.48. The number of hydrogen-bond acceptors (Lipinski definition) is 6. The average Bonchev–Trinajstić information content (AvgIpc) is 3.21. The number of nitrogens with one attached hydrogen (secondary N) is 1. The van der Waals surface area contributed by atoms with Gasteiger partial charge in [-0.15, -0.1) is 11.3 Å². The van der Waals surface area contributed by atoms with Crippen molar-refractivity contribution in [2.75, 3.05) is 23.9 Å². The van der Waals surface area contributed by atoms with Gasteiger partial charge in [-0.05, 0) is 56.2 Å². The highest BCUT2D eigenvalue weighted by Gasteiger charge is 2.29. The summed E-state index contributed by atoms with van der Waals surface area (Å²) in [5, 5.41) is 5.12. The van der Waals surface area contributed by atoms with Gasteiger partial charge in [0, 0.05) is 18.0 Å². The first-order valence-corrected chi connectivity index (χ1v) is 10.7. The van der Waals surface area contributed by atoms with E-state index in [0.717, 1.165) is 16.7 Å². The van der Waals surface area contributed by atoms with E-state index in [2.05, 4.69) is 10.3 Å². The molecular weight excluding hydrogens is 414 g/mol. The second kappa shape index (κ2) is 8.39. The van der Waals surface area contributed by atoms with Crippen LogP contribution in [0.15, 0.2) is 41.8 Å². The third-order valence-corrected chi connectivity index (χ3v) is 5.81. The Labute approximate surface area is 184 Å². The Bertz CT molecular complexity index is 1160. The van der Waals surface area contributed by atoms with Gasteiger partial charge in [0.2, 0.25) is 0 Å². The molecule has 0 saturated carbocycles. The Morgan fingerprint density at radius 2 is 2.06 bits per heavy atom. The zero-order valence-electron chi connectivity index (χ0n) is 17.8. The first kappa shape index (κ1) is 20.9. The second-order valence-corrected chi connectivity index (χ2v) is 8.34. The molecule has 0 saturated heterocycles. The minimum absolute atomic E-state index is 0.0967. The molecule has 1 aromatic heterocycles. The molecule has 0 fully saturated rings. The zero-order chi connectivity index (χ0) is 22.1. The Morgan fingerprint density at radius 3 is 2.87 bits per heavy atom. The van der Waals surface area contributed by atoms with Gasteiger partial charge in [-0.1, -0.05) is 12.1 Å². The number of carbonyl (C=O) groups is 2. The van der Waals surface area contributed by atoms with E-state index in [-0.39, 0.29) is 18.4 Å². The number of aryl methyl sites for hydroxylation is 2. The summed E-state index contributed by atoms with van der Waals surface area (Å²) >= 11 is 1.33. The predicted molar refractivity (Wildman–Crippen MR) is 121 cm³/mol. The predicted octanol–water partition coefficient (Wildman–Crippen LogP) is 4.19. The third-order valence-electron chi connectivity index (χ3n) is 5.05. The number of benzene rings is 2. The van der Waals surface area contributed by atoms with Crippen molar-refractivity contribution in [3.8, 4) is 22.8 Å². The number of ether oxygens (including phenoxy) is 2.